The molecule has 1 aromatic heterocycles. The molecule has 7 nitrogen and oxygen atoms in total. The van der Waals surface area contributed by atoms with E-state index in [-0.39, 0.29) is 18.7 Å². The molecule has 7 heteroatoms. The number of carbonyl (C=O) groups is 3. The zero-order chi connectivity index (χ0) is 17.5. The Kier molecular flexibility index (Phi) is 5.86. The Labute approximate surface area is 138 Å². The summed E-state index contributed by atoms with van der Waals surface area (Å²) in [7, 11) is 0. The molecule has 0 aliphatic rings. The zero-order valence-corrected chi connectivity index (χ0v) is 13.1. The van der Waals surface area contributed by atoms with Crippen LogP contribution in [-0.2, 0) is 16.1 Å². The summed E-state index contributed by atoms with van der Waals surface area (Å²) in [5.74, 6) is -1.13. The van der Waals surface area contributed by atoms with Crippen LogP contribution in [0.15, 0.2) is 47.1 Å². The predicted octanol–water partition coefficient (Wildman–Crippen LogP) is 2.05. The van der Waals surface area contributed by atoms with Gasteiger partial charge in [0, 0.05) is 11.3 Å². The molecule has 0 spiro atoms. The van der Waals surface area contributed by atoms with Crippen molar-refractivity contribution in [2.24, 2.45) is 0 Å². The van der Waals surface area contributed by atoms with E-state index in [9.17, 15) is 19.5 Å². The molecule has 0 saturated carbocycles. The number of aliphatic carboxylic acids is 1. The van der Waals surface area contributed by atoms with E-state index in [4.69, 9.17) is 4.42 Å². The molecule has 0 fully saturated rings. The molecule has 1 aromatic carbocycles. The summed E-state index contributed by atoms with van der Waals surface area (Å²) < 4.78 is 5.11. The lowest BCUT2D eigenvalue weighted by atomic mass is 10.1. The van der Waals surface area contributed by atoms with Gasteiger partial charge >= 0.3 is 5.97 Å². The Morgan fingerprint density at radius 3 is 2.62 bits per heavy atom. The maximum atomic E-state index is 12.0. The van der Waals surface area contributed by atoms with Crippen molar-refractivity contribution in [3.05, 3.63) is 54.0 Å². The van der Waals surface area contributed by atoms with Gasteiger partial charge in [-0.25, -0.2) is 0 Å². The molecule has 3 N–H and O–H groups in total. The van der Waals surface area contributed by atoms with Gasteiger partial charge in [0.15, 0.2) is 5.78 Å². The molecular weight excluding hydrogens is 312 g/mol. The van der Waals surface area contributed by atoms with Crippen LogP contribution in [0.1, 0.15) is 29.5 Å². The van der Waals surface area contributed by atoms with E-state index in [0.29, 0.717) is 17.0 Å². The Morgan fingerprint density at radius 1 is 1.21 bits per heavy atom. The van der Waals surface area contributed by atoms with Gasteiger partial charge < -0.3 is 14.8 Å². The zero-order valence-electron chi connectivity index (χ0n) is 13.1. The first-order valence-electron chi connectivity index (χ1n) is 7.35. The summed E-state index contributed by atoms with van der Waals surface area (Å²) in [5.41, 5.74) is 0.918. The quantitative estimate of drug-likeness (QED) is 0.639. The molecule has 24 heavy (non-hydrogen) atoms. The van der Waals surface area contributed by atoms with Gasteiger partial charge in [-0.2, -0.15) is 0 Å². The van der Waals surface area contributed by atoms with E-state index in [1.54, 1.807) is 36.4 Å². The van der Waals surface area contributed by atoms with Crippen molar-refractivity contribution in [1.82, 2.24) is 5.32 Å². The second-order valence-electron chi connectivity index (χ2n) is 5.24. The van der Waals surface area contributed by atoms with Gasteiger partial charge in [-0.1, -0.05) is 12.1 Å². The van der Waals surface area contributed by atoms with Crippen LogP contribution in [0, 0.1) is 0 Å². The minimum absolute atomic E-state index is 0.116. The highest BCUT2D eigenvalue weighted by atomic mass is 16.4. The maximum Gasteiger partial charge on any atom is 0.321 e. The summed E-state index contributed by atoms with van der Waals surface area (Å²) >= 11 is 0. The molecule has 1 atom stereocenters. The highest BCUT2D eigenvalue weighted by Gasteiger charge is 2.21. The number of furan rings is 1. The van der Waals surface area contributed by atoms with Gasteiger partial charge in [-0.15, -0.1) is 0 Å². The van der Waals surface area contributed by atoms with E-state index >= 15 is 0 Å². The molecule has 0 aliphatic heterocycles. The fourth-order valence-electron chi connectivity index (χ4n) is 2.10. The molecule has 1 heterocycles. The third-order valence-corrected chi connectivity index (χ3v) is 3.34. The van der Waals surface area contributed by atoms with E-state index in [1.165, 1.54) is 13.2 Å². The van der Waals surface area contributed by atoms with Crippen molar-refractivity contribution in [1.29, 1.82) is 0 Å². The van der Waals surface area contributed by atoms with Gasteiger partial charge in [0.1, 0.15) is 11.8 Å². The second-order valence-corrected chi connectivity index (χ2v) is 5.24. The number of hydrogen-bond acceptors (Lipinski definition) is 5. The van der Waals surface area contributed by atoms with Crippen LogP contribution in [-0.4, -0.2) is 28.8 Å². The molecule has 1 amide bonds. The Bertz CT molecular complexity index is 724. The molecule has 0 radical (unpaired) electrons. The Morgan fingerprint density at radius 2 is 2.00 bits per heavy atom. The molecule has 0 bridgehead atoms. The fraction of sp³-hybridized carbons (Fsp3) is 0.235. The average Bonchev–Trinajstić information content (AvgIpc) is 3.04. The van der Waals surface area contributed by atoms with Crippen molar-refractivity contribution in [3.63, 3.8) is 0 Å². The Balaban J connectivity index is 1.93. The molecule has 126 valence electrons. The topological polar surface area (TPSA) is 109 Å². The summed E-state index contributed by atoms with van der Waals surface area (Å²) in [4.78, 5) is 34.7. The van der Waals surface area contributed by atoms with Crippen molar-refractivity contribution in [2.75, 3.05) is 5.32 Å². The highest BCUT2D eigenvalue weighted by molar-refractivity contribution is 5.98. The van der Waals surface area contributed by atoms with E-state index in [2.05, 4.69) is 10.6 Å². The molecule has 0 unspecified atom stereocenters. The van der Waals surface area contributed by atoms with Crippen molar-refractivity contribution in [2.45, 2.75) is 25.9 Å². The first-order valence-corrected chi connectivity index (χ1v) is 7.35. The van der Waals surface area contributed by atoms with Crippen LogP contribution in [0.2, 0.25) is 0 Å². The number of amides is 1. The van der Waals surface area contributed by atoms with Gasteiger partial charge in [-0.3, -0.25) is 19.7 Å². The standard InChI is InChI=1S/C17H18N2O5/c1-11(20)12-4-2-5-13(8-12)19-16(21)9-15(17(22)23)18-10-14-6-3-7-24-14/h2-8,15,18H,9-10H2,1H3,(H,19,21)(H,22,23)/t15-/m1/s1. The van der Waals surface area contributed by atoms with Crippen LogP contribution < -0.4 is 10.6 Å². The van der Waals surface area contributed by atoms with Crippen LogP contribution >= 0.6 is 0 Å². The van der Waals surface area contributed by atoms with Gasteiger partial charge in [0.25, 0.3) is 0 Å². The van der Waals surface area contributed by atoms with Gasteiger partial charge in [-0.05, 0) is 31.2 Å². The van der Waals surface area contributed by atoms with Gasteiger partial charge in [0.05, 0.1) is 19.2 Å². The van der Waals surface area contributed by atoms with Crippen LogP contribution in [0.3, 0.4) is 0 Å². The summed E-state index contributed by atoms with van der Waals surface area (Å²) in [6, 6.07) is 8.83. The summed E-state index contributed by atoms with van der Waals surface area (Å²) in [5, 5.41) is 14.6. The monoisotopic (exact) mass is 330 g/mol. The molecule has 2 rings (SSSR count). The van der Waals surface area contributed by atoms with Crippen LogP contribution in [0.4, 0.5) is 5.69 Å². The van der Waals surface area contributed by atoms with Crippen LogP contribution in [0.5, 0.6) is 0 Å². The highest BCUT2D eigenvalue weighted by Crippen LogP contribution is 2.12. The number of carboxylic acids is 1. The fourth-order valence-corrected chi connectivity index (χ4v) is 2.10. The minimum Gasteiger partial charge on any atom is -0.480 e. The molecule has 2 aromatic rings. The smallest absolute Gasteiger partial charge is 0.321 e. The van der Waals surface area contributed by atoms with Crippen LogP contribution in [0.25, 0.3) is 0 Å². The largest absolute Gasteiger partial charge is 0.480 e. The number of nitrogens with one attached hydrogen (secondary N) is 2. The number of benzene rings is 1. The average molecular weight is 330 g/mol. The third kappa shape index (κ3) is 5.06. The Hall–Kier alpha value is -2.93. The number of rotatable bonds is 8. The number of carbonyl (C=O) groups excluding carboxylic acids is 2. The summed E-state index contributed by atoms with van der Waals surface area (Å²) in [6.07, 6.45) is 1.24. The molecule has 0 saturated heterocycles. The lowest BCUT2D eigenvalue weighted by Crippen LogP contribution is -2.39. The SMILES string of the molecule is CC(=O)c1cccc(NC(=O)C[C@@H](NCc2ccco2)C(=O)O)c1. The number of anilines is 1. The van der Waals surface area contributed by atoms with E-state index < -0.39 is 17.9 Å². The summed E-state index contributed by atoms with van der Waals surface area (Å²) in [6.45, 7) is 1.64. The minimum atomic E-state index is -1.13. The first kappa shape index (κ1) is 17.4. The van der Waals surface area contributed by atoms with Crippen molar-refractivity contribution in [3.8, 4) is 0 Å². The van der Waals surface area contributed by atoms with E-state index in [0.717, 1.165) is 0 Å². The first-order chi connectivity index (χ1) is 11.5. The number of carboxylic acid groups (broad SMARTS) is 1. The van der Waals surface area contributed by atoms with Crippen molar-refractivity contribution >= 4 is 23.3 Å². The number of hydrogen-bond donors (Lipinski definition) is 3. The van der Waals surface area contributed by atoms with Crippen molar-refractivity contribution < 1.29 is 23.9 Å². The molecule has 0 aliphatic carbocycles. The third-order valence-electron chi connectivity index (χ3n) is 3.34. The number of Topliss-reactive ketones (excluding diaryl/α,β-unsaturated/α-hetero) is 1. The lowest BCUT2D eigenvalue weighted by Gasteiger charge is -2.14. The lowest BCUT2D eigenvalue weighted by molar-refractivity contribution is -0.141. The van der Waals surface area contributed by atoms with E-state index in [1.807, 2.05) is 0 Å². The number of ketones is 1. The normalized spacial score (nSPS) is 11.7. The molecular formula is C17H18N2O5. The maximum absolute atomic E-state index is 12.0. The second kappa shape index (κ2) is 8.07. The van der Waals surface area contributed by atoms with Gasteiger partial charge in [0.2, 0.25) is 5.91 Å². The predicted molar refractivity (Wildman–Crippen MR) is 86.7 cm³/mol.